The normalized spacial score (nSPS) is 23.0. The quantitative estimate of drug-likeness (QED) is 0.616. The van der Waals surface area contributed by atoms with Crippen molar-refractivity contribution in [3.05, 3.63) is 59.4 Å². The maximum Gasteiger partial charge on any atom is 0.254 e. The lowest BCUT2D eigenvalue weighted by molar-refractivity contribution is 0.0884. The molecular formula is C25H29ClFN3O. The fraction of sp³-hybridized carbons (Fsp3) is 0.400. The number of aromatic nitrogens is 1. The predicted octanol–water partition coefficient (Wildman–Crippen LogP) is 5.07. The lowest BCUT2D eigenvalue weighted by Crippen LogP contribution is -2.48. The van der Waals surface area contributed by atoms with Gasteiger partial charge < -0.3 is 14.8 Å². The first-order valence-electron chi connectivity index (χ1n) is 10.8. The summed E-state index contributed by atoms with van der Waals surface area (Å²) in [6.45, 7) is 2.05. The summed E-state index contributed by atoms with van der Waals surface area (Å²) >= 11 is 0. The van der Waals surface area contributed by atoms with E-state index in [1.54, 1.807) is 12.1 Å². The van der Waals surface area contributed by atoms with Gasteiger partial charge in [-0.25, -0.2) is 4.39 Å². The van der Waals surface area contributed by atoms with Crippen LogP contribution in [0.15, 0.2) is 42.5 Å². The van der Waals surface area contributed by atoms with Gasteiger partial charge in [-0.15, -0.1) is 12.4 Å². The summed E-state index contributed by atoms with van der Waals surface area (Å²) in [6, 6.07) is 13.9. The van der Waals surface area contributed by atoms with E-state index >= 15 is 0 Å². The SMILES string of the molecule is Cc1ccc2c(C(=O)NC3C[C@H]4CC[C@@H](C3)N4C)c(-c3ccc(F)cc3)n(C)c2c1.Cl. The molecule has 4 nitrogen and oxygen atoms in total. The number of halogens is 2. The predicted molar refractivity (Wildman–Crippen MR) is 125 cm³/mol. The van der Waals surface area contributed by atoms with Crippen molar-refractivity contribution < 1.29 is 9.18 Å². The summed E-state index contributed by atoms with van der Waals surface area (Å²) in [5.41, 5.74) is 4.53. The van der Waals surface area contributed by atoms with E-state index in [1.807, 2.05) is 19.2 Å². The average molecular weight is 442 g/mol. The highest BCUT2D eigenvalue weighted by molar-refractivity contribution is 6.13. The van der Waals surface area contributed by atoms with Gasteiger partial charge in [0, 0.05) is 36.1 Å². The molecule has 31 heavy (non-hydrogen) atoms. The minimum absolute atomic E-state index is 0. The third-order valence-electron chi connectivity index (χ3n) is 7.13. The topological polar surface area (TPSA) is 37.3 Å². The summed E-state index contributed by atoms with van der Waals surface area (Å²) in [6.07, 6.45) is 4.47. The molecule has 2 aliphatic heterocycles. The van der Waals surface area contributed by atoms with Crippen LogP contribution in [0.5, 0.6) is 0 Å². The van der Waals surface area contributed by atoms with Crippen LogP contribution in [-0.2, 0) is 7.05 Å². The van der Waals surface area contributed by atoms with E-state index in [0.29, 0.717) is 17.6 Å². The van der Waals surface area contributed by atoms with Gasteiger partial charge in [0.25, 0.3) is 5.91 Å². The van der Waals surface area contributed by atoms with Gasteiger partial charge in [-0.05, 0) is 81.1 Å². The molecule has 3 atom stereocenters. The second-order valence-corrected chi connectivity index (χ2v) is 9.00. The molecule has 2 saturated heterocycles. The van der Waals surface area contributed by atoms with Gasteiger partial charge >= 0.3 is 0 Å². The summed E-state index contributed by atoms with van der Waals surface area (Å²) in [4.78, 5) is 16.1. The Kier molecular flexibility index (Phi) is 5.84. The third-order valence-corrected chi connectivity index (χ3v) is 7.13. The van der Waals surface area contributed by atoms with Crippen LogP contribution >= 0.6 is 12.4 Å². The van der Waals surface area contributed by atoms with Crippen LogP contribution < -0.4 is 5.32 Å². The number of carbonyl (C=O) groups excluding carboxylic acids is 1. The maximum absolute atomic E-state index is 13.6. The molecule has 0 saturated carbocycles. The third kappa shape index (κ3) is 3.74. The molecule has 0 spiro atoms. The van der Waals surface area contributed by atoms with E-state index in [9.17, 15) is 9.18 Å². The molecule has 164 valence electrons. The Morgan fingerprint density at radius 2 is 1.68 bits per heavy atom. The van der Waals surface area contributed by atoms with Crippen LogP contribution in [0.3, 0.4) is 0 Å². The molecule has 2 aliphatic rings. The lowest BCUT2D eigenvalue weighted by Gasteiger charge is -2.36. The van der Waals surface area contributed by atoms with Crippen molar-refractivity contribution >= 4 is 29.2 Å². The molecule has 0 aliphatic carbocycles. The van der Waals surface area contributed by atoms with Crippen LogP contribution in [-0.4, -0.2) is 40.5 Å². The van der Waals surface area contributed by atoms with Crippen molar-refractivity contribution in [3.63, 3.8) is 0 Å². The Balaban J connectivity index is 0.00000231. The van der Waals surface area contributed by atoms with Crippen molar-refractivity contribution in [1.82, 2.24) is 14.8 Å². The van der Waals surface area contributed by atoms with Crippen molar-refractivity contribution in [2.24, 2.45) is 7.05 Å². The summed E-state index contributed by atoms with van der Waals surface area (Å²) in [5, 5.41) is 4.29. The minimum atomic E-state index is -0.277. The Labute approximate surface area is 188 Å². The highest BCUT2D eigenvalue weighted by Crippen LogP contribution is 2.36. The number of benzene rings is 2. The Hall–Kier alpha value is -2.37. The van der Waals surface area contributed by atoms with Crippen LogP contribution in [0.1, 0.15) is 41.6 Å². The number of rotatable bonds is 3. The smallest absolute Gasteiger partial charge is 0.254 e. The van der Waals surface area contributed by atoms with Crippen LogP contribution in [0, 0.1) is 12.7 Å². The fourth-order valence-electron chi connectivity index (χ4n) is 5.51. The Morgan fingerprint density at radius 1 is 1.03 bits per heavy atom. The van der Waals surface area contributed by atoms with Gasteiger partial charge in [-0.2, -0.15) is 0 Å². The first-order valence-corrected chi connectivity index (χ1v) is 10.8. The van der Waals surface area contributed by atoms with E-state index in [0.717, 1.165) is 40.6 Å². The lowest BCUT2D eigenvalue weighted by atomic mass is 9.97. The van der Waals surface area contributed by atoms with Gasteiger partial charge in [0.1, 0.15) is 5.82 Å². The first kappa shape index (κ1) is 21.8. The number of fused-ring (bicyclic) bond motifs is 3. The number of hydrogen-bond donors (Lipinski definition) is 1. The Bertz CT molecular complexity index is 1110. The van der Waals surface area contributed by atoms with Crippen molar-refractivity contribution in [2.45, 2.75) is 50.7 Å². The molecule has 1 unspecified atom stereocenters. The highest BCUT2D eigenvalue weighted by Gasteiger charge is 2.39. The van der Waals surface area contributed by atoms with Crippen LogP contribution in [0.4, 0.5) is 4.39 Å². The van der Waals surface area contributed by atoms with E-state index in [1.165, 1.54) is 25.0 Å². The molecule has 3 heterocycles. The van der Waals surface area contributed by atoms with E-state index < -0.39 is 0 Å². The number of nitrogens with one attached hydrogen (secondary N) is 1. The molecule has 3 aromatic rings. The molecule has 1 N–H and O–H groups in total. The molecule has 2 aromatic carbocycles. The van der Waals surface area contributed by atoms with Gasteiger partial charge in [-0.1, -0.05) is 12.1 Å². The van der Waals surface area contributed by atoms with E-state index in [4.69, 9.17) is 0 Å². The number of piperidine rings is 1. The zero-order valence-corrected chi connectivity index (χ0v) is 19.0. The molecule has 2 fully saturated rings. The number of hydrogen-bond acceptors (Lipinski definition) is 2. The fourth-order valence-corrected chi connectivity index (χ4v) is 5.51. The van der Waals surface area contributed by atoms with Gasteiger partial charge in [0.15, 0.2) is 0 Å². The largest absolute Gasteiger partial charge is 0.349 e. The monoisotopic (exact) mass is 441 g/mol. The van der Waals surface area contributed by atoms with Gasteiger partial charge in [0.2, 0.25) is 0 Å². The average Bonchev–Trinajstić information content (AvgIpc) is 3.10. The summed E-state index contributed by atoms with van der Waals surface area (Å²) in [5.74, 6) is -0.307. The number of carbonyl (C=O) groups is 1. The molecule has 5 rings (SSSR count). The number of amides is 1. The molecule has 6 heteroatoms. The van der Waals surface area contributed by atoms with E-state index in [-0.39, 0.29) is 30.2 Å². The second-order valence-electron chi connectivity index (χ2n) is 9.00. The summed E-state index contributed by atoms with van der Waals surface area (Å²) in [7, 11) is 4.19. The molecule has 0 radical (unpaired) electrons. The van der Waals surface area contributed by atoms with Crippen LogP contribution in [0.25, 0.3) is 22.2 Å². The van der Waals surface area contributed by atoms with E-state index in [2.05, 4.69) is 34.8 Å². The van der Waals surface area contributed by atoms with Gasteiger partial charge in [0.05, 0.1) is 11.3 Å². The van der Waals surface area contributed by atoms with Crippen molar-refractivity contribution in [3.8, 4) is 11.3 Å². The molecule has 1 amide bonds. The highest BCUT2D eigenvalue weighted by atomic mass is 35.5. The zero-order valence-electron chi connectivity index (χ0n) is 18.2. The maximum atomic E-state index is 13.6. The second kappa shape index (κ2) is 8.29. The zero-order chi connectivity index (χ0) is 21.0. The van der Waals surface area contributed by atoms with Crippen molar-refractivity contribution in [1.29, 1.82) is 0 Å². The standard InChI is InChI=1S/C25H28FN3O.ClH/c1-15-4-11-21-22(12-15)29(3)24(16-5-7-17(26)8-6-16)23(21)25(30)27-18-13-19-9-10-20(14-18)28(19)2;/h4-8,11-12,18-20H,9-10,13-14H2,1-3H3,(H,27,30);1H/t18?,19-,20+;. The minimum Gasteiger partial charge on any atom is -0.349 e. The van der Waals surface area contributed by atoms with Crippen LogP contribution in [0.2, 0.25) is 0 Å². The summed E-state index contributed by atoms with van der Waals surface area (Å²) < 4.78 is 15.6. The molecular weight excluding hydrogens is 413 g/mol. The Morgan fingerprint density at radius 3 is 2.32 bits per heavy atom. The number of nitrogens with zero attached hydrogens (tertiary/aromatic N) is 2. The number of aryl methyl sites for hydroxylation is 2. The first-order chi connectivity index (χ1) is 14.4. The molecule has 1 aromatic heterocycles. The molecule has 2 bridgehead atoms. The van der Waals surface area contributed by atoms with Gasteiger partial charge in [-0.3, -0.25) is 4.79 Å². The van der Waals surface area contributed by atoms with Crippen molar-refractivity contribution in [2.75, 3.05) is 7.05 Å².